The Kier molecular flexibility index (Phi) is 5.05. The molecule has 0 N–H and O–H groups in total. The van der Waals surface area contributed by atoms with Gasteiger partial charge >= 0.3 is 0 Å². The minimum atomic E-state index is -0.114. The van der Waals surface area contributed by atoms with Crippen molar-refractivity contribution in [1.82, 2.24) is 24.7 Å². The van der Waals surface area contributed by atoms with Crippen LogP contribution in [-0.2, 0) is 9.59 Å². The van der Waals surface area contributed by atoms with Gasteiger partial charge in [-0.2, -0.15) is 0 Å². The van der Waals surface area contributed by atoms with Crippen LogP contribution in [0.1, 0.15) is 42.6 Å². The van der Waals surface area contributed by atoms with E-state index in [2.05, 4.69) is 9.97 Å². The number of carbonyl (C=O) groups is 3. The molecule has 8 heteroatoms. The summed E-state index contributed by atoms with van der Waals surface area (Å²) in [5.74, 6) is 0.429. The fourth-order valence-corrected chi connectivity index (χ4v) is 4.44. The van der Waals surface area contributed by atoms with Crippen molar-refractivity contribution in [3.63, 3.8) is 0 Å². The largest absolute Gasteiger partial charge is 0.342 e. The lowest BCUT2D eigenvalue weighted by molar-refractivity contribution is -0.136. The van der Waals surface area contributed by atoms with Gasteiger partial charge in [0.05, 0.1) is 6.20 Å². The number of carbonyl (C=O) groups excluding carboxylic acids is 3. The zero-order valence-corrected chi connectivity index (χ0v) is 15.4. The van der Waals surface area contributed by atoms with Crippen LogP contribution < -0.4 is 0 Å². The summed E-state index contributed by atoms with van der Waals surface area (Å²) in [5.41, 5.74) is 0.351. The van der Waals surface area contributed by atoms with E-state index in [0.717, 1.165) is 25.8 Å². The van der Waals surface area contributed by atoms with Crippen LogP contribution in [0.2, 0.25) is 0 Å². The van der Waals surface area contributed by atoms with Crippen molar-refractivity contribution in [2.45, 2.75) is 38.1 Å². The average molecular weight is 371 g/mol. The highest BCUT2D eigenvalue weighted by molar-refractivity contribution is 5.92. The number of hydrogen-bond donors (Lipinski definition) is 0. The van der Waals surface area contributed by atoms with Gasteiger partial charge in [-0.3, -0.25) is 19.4 Å². The normalized spacial score (nSPS) is 25.0. The monoisotopic (exact) mass is 371 g/mol. The molecule has 0 saturated carbocycles. The van der Waals surface area contributed by atoms with Gasteiger partial charge in [0.15, 0.2) is 0 Å². The molecule has 3 amide bonds. The van der Waals surface area contributed by atoms with E-state index in [1.165, 1.54) is 12.4 Å². The van der Waals surface area contributed by atoms with Crippen molar-refractivity contribution >= 4 is 17.7 Å². The molecule has 0 radical (unpaired) electrons. The molecular weight excluding hydrogens is 346 g/mol. The Labute approximate surface area is 158 Å². The Morgan fingerprint density at radius 3 is 2.78 bits per heavy atom. The van der Waals surface area contributed by atoms with E-state index in [9.17, 15) is 14.4 Å². The summed E-state index contributed by atoms with van der Waals surface area (Å²) >= 11 is 0. The summed E-state index contributed by atoms with van der Waals surface area (Å²) in [5, 5.41) is 0. The zero-order valence-electron chi connectivity index (χ0n) is 15.4. The molecule has 4 saturated heterocycles. The molecule has 0 aliphatic carbocycles. The van der Waals surface area contributed by atoms with Crippen molar-refractivity contribution in [1.29, 1.82) is 0 Å². The molecule has 144 valence electrons. The first kappa shape index (κ1) is 17.9. The number of likely N-dealkylation sites (tertiary alicyclic amines) is 1. The second kappa shape index (κ2) is 7.62. The number of aromatic nitrogens is 2. The first-order valence-electron chi connectivity index (χ1n) is 9.74. The Morgan fingerprint density at radius 1 is 1.15 bits per heavy atom. The van der Waals surface area contributed by atoms with Gasteiger partial charge in [-0.1, -0.05) is 0 Å². The van der Waals surface area contributed by atoms with E-state index in [1.807, 2.05) is 9.80 Å². The van der Waals surface area contributed by atoms with Gasteiger partial charge in [0, 0.05) is 64.0 Å². The average Bonchev–Trinajstić information content (AvgIpc) is 2.91. The van der Waals surface area contributed by atoms with Crippen molar-refractivity contribution in [2.24, 2.45) is 5.92 Å². The number of fused-ring (bicyclic) bond motifs is 4. The SMILES string of the molecule is O=C1CCCN1CCC(=O)N1C[C@@H]2CC[C@H]1CN(C(=O)c1cnccn1)C2. The van der Waals surface area contributed by atoms with Crippen LogP contribution in [-0.4, -0.2) is 81.2 Å². The van der Waals surface area contributed by atoms with Gasteiger partial charge in [0.25, 0.3) is 5.91 Å². The fraction of sp³-hybridized carbons (Fsp3) is 0.632. The van der Waals surface area contributed by atoms with Crippen LogP contribution in [0.25, 0.3) is 0 Å². The highest BCUT2D eigenvalue weighted by Crippen LogP contribution is 2.29. The summed E-state index contributed by atoms with van der Waals surface area (Å²) in [6, 6.07) is 0.0474. The maximum absolute atomic E-state index is 12.8. The molecule has 2 bridgehead atoms. The molecule has 8 nitrogen and oxygen atoms in total. The van der Waals surface area contributed by atoms with Crippen molar-refractivity contribution in [3.05, 3.63) is 24.3 Å². The number of nitrogens with zero attached hydrogens (tertiary/aromatic N) is 5. The maximum atomic E-state index is 12.8. The van der Waals surface area contributed by atoms with Crippen LogP contribution >= 0.6 is 0 Å². The molecule has 0 aromatic carbocycles. The van der Waals surface area contributed by atoms with Crippen molar-refractivity contribution < 1.29 is 14.4 Å². The minimum absolute atomic E-state index is 0.0474. The lowest BCUT2D eigenvalue weighted by Gasteiger charge is -2.36. The fourth-order valence-electron chi connectivity index (χ4n) is 4.44. The second-order valence-corrected chi connectivity index (χ2v) is 7.68. The predicted molar refractivity (Wildman–Crippen MR) is 96.6 cm³/mol. The molecular formula is C19H25N5O3. The van der Waals surface area contributed by atoms with E-state index in [0.29, 0.717) is 50.6 Å². The van der Waals surface area contributed by atoms with Crippen LogP contribution in [0.5, 0.6) is 0 Å². The molecule has 2 atom stereocenters. The Bertz CT molecular complexity index is 725. The summed E-state index contributed by atoms with van der Waals surface area (Å²) in [7, 11) is 0. The lowest BCUT2D eigenvalue weighted by Crippen LogP contribution is -2.48. The third-order valence-corrected chi connectivity index (χ3v) is 5.87. The van der Waals surface area contributed by atoms with Gasteiger partial charge in [-0.15, -0.1) is 0 Å². The molecule has 1 aromatic heterocycles. The quantitative estimate of drug-likeness (QED) is 0.772. The number of piperidine rings is 1. The van der Waals surface area contributed by atoms with Gasteiger partial charge in [-0.05, 0) is 25.2 Å². The minimum Gasteiger partial charge on any atom is -0.342 e. The van der Waals surface area contributed by atoms with E-state index in [1.54, 1.807) is 11.1 Å². The van der Waals surface area contributed by atoms with Crippen LogP contribution in [0.3, 0.4) is 0 Å². The van der Waals surface area contributed by atoms with Crippen LogP contribution in [0.4, 0.5) is 0 Å². The topological polar surface area (TPSA) is 86.7 Å². The molecule has 0 spiro atoms. The van der Waals surface area contributed by atoms with Gasteiger partial charge in [0.2, 0.25) is 11.8 Å². The molecule has 1 aromatic rings. The molecule has 4 fully saturated rings. The third kappa shape index (κ3) is 3.79. The predicted octanol–water partition coefficient (Wildman–Crippen LogP) is 0.552. The summed E-state index contributed by atoms with van der Waals surface area (Å²) in [6.07, 6.45) is 8.37. The Balaban J connectivity index is 1.39. The van der Waals surface area contributed by atoms with Crippen LogP contribution in [0, 0.1) is 5.92 Å². The van der Waals surface area contributed by atoms with E-state index >= 15 is 0 Å². The third-order valence-electron chi connectivity index (χ3n) is 5.87. The summed E-state index contributed by atoms with van der Waals surface area (Å²) < 4.78 is 0. The van der Waals surface area contributed by atoms with Gasteiger partial charge < -0.3 is 14.7 Å². The summed E-state index contributed by atoms with van der Waals surface area (Å²) in [4.78, 5) is 51.0. The van der Waals surface area contributed by atoms with Crippen molar-refractivity contribution in [3.8, 4) is 0 Å². The van der Waals surface area contributed by atoms with E-state index in [4.69, 9.17) is 0 Å². The first-order valence-corrected chi connectivity index (χ1v) is 9.74. The van der Waals surface area contributed by atoms with Crippen molar-refractivity contribution in [2.75, 3.05) is 32.7 Å². The summed E-state index contributed by atoms with van der Waals surface area (Å²) in [6.45, 7) is 3.16. The molecule has 0 unspecified atom stereocenters. The highest BCUT2D eigenvalue weighted by atomic mass is 16.2. The zero-order chi connectivity index (χ0) is 18.8. The Hall–Kier alpha value is -2.51. The highest BCUT2D eigenvalue weighted by Gasteiger charge is 2.39. The van der Waals surface area contributed by atoms with Gasteiger partial charge in [-0.25, -0.2) is 4.98 Å². The molecule has 27 heavy (non-hydrogen) atoms. The van der Waals surface area contributed by atoms with Crippen LogP contribution in [0.15, 0.2) is 18.6 Å². The standard InChI is InChI=1S/C19H25N5O3/c25-17-2-1-8-22(17)9-5-18(26)24-12-14-3-4-15(24)13-23(11-14)19(27)16-10-20-6-7-21-16/h6-7,10,14-15H,1-5,8-9,11-13H2/t14-,15+/m1/s1. The molecule has 5 heterocycles. The van der Waals surface area contributed by atoms with E-state index in [-0.39, 0.29) is 23.8 Å². The Morgan fingerprint density at radius 2 is 2.04 bits per heavy atom. The first-order chi connectivity index (χ1) is 13.1. The number of hydrogen-bond acceptors (Lipinski definition) is 5. The molecule has 4 aliphatic rings. The number of rotatable bonds is 4. The van der Waals surface area contributed by atoms with Gasteiger partial charge in [0.1, 0.15) is 5.69 Å². The van der Waals surface area contributed by atoms with E-state index < -0.39 is 0 Å². The maximum Gasteiger partial charge on any atom is 0.274 e. The molecule has 4 aliphatic heterocycles. The molecule has 5 rings (SSSR count). The smallest absolute Gasteiger partial charge is 0.274 e. The number of amides is 3. The second-order valence-electron chi connectivity index (χ2n) is 7.68. The lowest BCUT2D eigenvalue weighted by atomic mass is 9.94.